The minimum atomic E-state index is -1.11. The van der Waals surface area contributed by atoms with Crippen molar-refractivity contribution in [3.63, 3.8) is 0 Å². The maximum Gasteiger partial charge on any atom is 0.427 e. The molecular formula is C11H8IN3O5. The molecule has 0 unspecified atom stereocenters. The van der Waals surface area contributed by atoms with Gasteiger partial charge in [0, 0.05) is 7.05 Å². The van der Waals surface area contributed by atoms with E-state index in [1.807, 2.05) is 22.6 Å². The van der Waals surface area contributed by atoms with Crippen LogP contribution in [0.2, 0.25) is 0 Å². The number of benzene rings is 1. The summed E-state index contributed by atoms with van der Waals surface area (Å²) in [5, 5.41) is 19.8. The summed E-state index contributed by atoms with van der Waals surface area (Å²) >= 11 is 1.95. The molecule has 0 aliphatic heterocycles. The van der Waals surface area contributed by atoms with Crippen LogP contribution in [0.15, 0.2) is 24.5 Å². The van der Waals surface area contributed by atoms with E-state index in [1.54, 1.807) is 13.1 Å². The molecule has 0 amide bonds. The summed E-state index contributed by atoms with van der Waals surface area (Å²) < 4.78 is 7.43. The first-order valence-electron chi connectivity index (χ1n) is 5.26. The second-order valence-corrected chi connectivity index (χ2v) is 4.96. The number of hydrogen-bond acceptors (Lipinski definition) is 5. The Kier molecular flexibility index (Phi) is 3.88. The van der Waals surface area contributed by atoms with Crippen molar-refractivity contribution >= 4 is 34.4 Å². The van der Waals surface area contributed by atoms with Crippen molar-refractivity contribution in [2.75, 3.05) is 0 Å². The van der Waals surface area contributed by atoms with E-state index in [2.05, 4.69) is 4.98 Å². The van der Waals surface area contributed by atoms with E-state index < -0.39 is 16.7 Å². The van der Waals surface area contributed by atoms with Gasteiger partial charge in [0.25, 0.3) is 0 Å². The van der Waals surface area contributed by atoms with Crippen LogP contribution in [-0.2, 0) is 7.05 Å². The molecule has 104 valence electrons. The Morgan fingerprint density at radius 3 is 2.85 bits per heavy atom. The van der Waals surface area contributed by atoms with E-state index in [9.17, 15) is 14.9 Å². The minimum absolute atomic E-state index is 0.0326. The fourth-order valence-corrected chi connectivity index (χ4v) is 1.91. The van der Waals surface area contributed by atoms with E-state index in [4.69, 9.17) is 9.84 Å². The average molecular weight is 389 g/mol. The monoisotopic (exact) mass is 389 g/mol. The van der Waals surface area contributed by atoms with Crippen LogP contribution in [0.5, 0.6) is 11.6 Å². The summed E-state index contributed by atoms with van der Waals surface area (Å²) in [5.41, 5.74) is 0.0326. The van der Waals surface area contributed by atoms with Gasteiger partial charge in [0.05, 0.1) is 9.13 Å². The quantitative estimate of drug-likeness (QED) is 0.489. The molecule has 0 bridgehead atoms. The lowest BCUT2D eigenvalue weighted by Crippen LogP contribution is -2.00. The van der Waals surface area contributed by atoms with Crippen molar-refractivity contribution in [1.82, 2.24) is 9.55 Å². The molecule has 0 saturated heterocycles. The lowest BCUT2D eigenvalue weighted by molar-refractivity contribution is -0.390. The number of aromatic carboxylic acids is 1. The first-order valence-corrected chi connectivity index (χ1v) is 6.34. The van der Waals surface area contributed by atoms with Crippen LogP contribution in [0.1, 0.15) is 10.4 Å². The number of carboxylic acid groups (broad SMARTS) is 1. The number of aromatic nitrogens is 2. The van der Waals surface area contributed by atoms with Gasteiger partial charge in [-0.15, -0.1) is 0 Å². The van der Waals surface area contributed by atoms with E-state index >= 15 is 0 Å². The van der Waals surface area contributed by atoms with Gasteiger partial charge < -0.3 is 20.0 Å². The maximum absolute atomic E-state index is 10.9. The van der Waals surface area contributed by atoms with Crippen molar-refractivity contribution in [2.45, 2.75) is 0 Å². The molecule has 0 fully saturated rings. The number of carbonyl (C=O) groups is 1. The van der Waals surface area contributed by atoms with Crippen LogP contribution in [0.4, 0.5) is 5.82 Å². The highest BCUT2D eigenvalue weighted by Gasteiger charge is 2.23. The Morgan fingerprint density at radius 1 is 1.55 bits per heavy atom. The number of nitro groups is 1. The summed E-state index contributed by atoms with van der Waals surface area (Å²) in [7, 11) is 1.54. The number of carboxylic acids is 1. The summed E-state index contributed by atoms with van der Waals surface area (Å²) in [6.07, 6.45) is 1.25. The molecule has 1 aromatic carbocycles. The zero-order valence-corrected chi connectivity index (χ0v) is 12.3. The molecular weight excluding hydrogens is 381 g/mol. The molecule has 20 heavy (non-hydrogen) atoms. The molecule has 9 heteroatoms. The zero-order chi connectivity index (χ0) is 14.9. The molecule has 0 aliphatic rings. The fraction of sp³-hybridized carbons (Fsp3) is 0.0909. The molecule has 0 aliphatic carbocycles. The van der Waals surface area contributed by atoms with Crippen molar-refractivity contribution in [3.05, 3.63) is 43.8 Å². The number of imidazole rings is 1. The van der Waals surface area contributed by atoms with Crippen LogP contribution < -0.4 is 4.74 Å². The van der Waals surface area contributed by atoms with Crippen molar-refractivity contribution in [2.24, 2.45) is 7.05 Å². The van der Waals surface area contributed by atoms with Crippen LogP contribution in [0, 0.1) is 13.7 Å². The third-order valence-electron chi connectivity index (χ3n) is 2.42. The topological polar surface area (TPSA) is 107 Å². The number of nitrogens with zero attached hydrogens (tertiary/aromatic N) is 3. The van der Waals surface area contributed by atoms with Crippen molar-refractivity contribution in [3.8, 4) is 11.6 Å². The molecule has 0 atom stereocenters. The second-order valence-electron chi connectivity index (χ2n) is 3.79. The zero-order valence-electron chi connectivity index (χ0n) is 10.1. The van der Waals surface area contributed by atoms with Crippen molar-refractivity contribution < 1.29 is 19.6 Å². The van der Waals surface area contributed by atoms with Gasteiger partial charge in [-0.1, -0.05) is 0 Å². The first-order chi connectivity index (χ1) is 9.40. The maximum atomic E-state index is 10.9. The van der Waals surface area contributed by atoms with E-state index in [1.165, 1.54) is 23.0 Å². The first kappa shape index (κ1) is 14.2. The highest BCUT2D eigenvalue weighted by molar-refractivity contribution is 14.1. The standard InChI is InChI=1S/C11H8IN3O5/c1-14-5-13-9(15(18)19)10(14)20-8-4-6(11(16)17)2-3-7(8)12/h2-5H,1H3,(H,16,17). The van der Waals surface area contributed by atoms with Crippen LogP contribution in [0.25, 0.3) is 0 Å². The van der Waals surface area contributed by atoms with Crippen LogP contribution >= 0.6 is 22.6 Å². The summed E-state index contributed by atoms with van der Waals surface area (Å²) in [6.45, 7) is 0. The Balaban J connectivity index is 2.44. The van der Waals surface area contributed by atoms with Crippen LogP contribution in [0.3, 0.4) is 0 Å². The molecule has 1 heterocycles. The predicted molar refractivity (Wildman–Crippen MR) is 76.1 cm³/mol. The minimum Gasteiger partial charge on any atom is -0.478 e. The summed E-state index contributed by atoms with van der Waals surface area (Å²) in [6, 6.07) is 4.29. The smallest absolute Gasteiger partial charge is 0.427 e. The van der Waals surface area contributed by atoms with Gasteiger partial charge in [0.1, 0.15) is 5.75 Å². The Hall–Kier alpha value is -2.17. The van der Waals surface area contributed by atoms with Gasteiger partial charge >= 0.3 is 17.7 Å². The number of aryl methyl sites for hydroxylation is 1. The molecule has 1 aromatic heterocycles. The normalized spacial score (nSPS) is 10.3. The Bertz CT molecular complexity index is 697. The summed E-state index contributed by atoms with van der Waals surface area (Å²) in [5.74, 6) is -1.37. The van der Waals surface area contributed by atoms with Gasteiger partial charge in [0.2, 0.25) is 6.33 Å². The van der Waals surface area contributed by atoms with Gasteiger partial charge in [0.15, 0.2) is 0 Å². The molecule has 8 nitrogen and oxygen atoms in total. The molecule has 2 rings (SSSR count). The lowest BCUT2D eigenvalue weighted by atomic mass is 10.2. The molecule has 2 aromatic rings. The Labute approximate surface area is 126 Å². The van der Waals surface area contributed by atoms with Gasteiger partial charge in [-0.25, -0.2) is 4.79 Å². The molecule has 1 N–H and O–H groups in total. The number of halogens is 1. The number of ether oxygens (including phenoxy) is 1. The SMILES string of the molecule is Cn1cnc([N+](=O)[O-])c1Oc1cc(C(=O)O)ccc1I. The van der Waals surface area contributed by atoms with E-state index in [0.717, 1.165) is 0 Å². The van der Waals surface area contributed by atoms with Gasteiger partial charge in [-0.3, -0.25) is 4.57 Å². The average Bonchev–Trinajstić information content (AvgIpc) is 2.73. The van der Waals surface area contributed by atoms with Crippen LogP contribution in [-0.4, -0.2) is 25.6 Å². The third-order valence-corrected chi connectivity index (χ3v) is 3.31. The predicted octanol–water partition coefficient (Wildman–Crippen LogP) is 2.42. The summed E-state index contributed by atoms with van der Waals surface area (Å²) in [4.78, 5) is 24.7. The Morgan fingerprint density at radius 2 is 2.25 bits per heavy atom. The fourth-order valence-electron chi connectivity index (χ4n) is 1.47. The highest BCUT2D eigenvalue weighted by Crippen LogP contribution is 2.32. The van der Waals surface area contributed by atoms with Gasteiger partial charge in [-0.2, -0.15) is 0 Å². The number of rotatable bonds is 4. The van der Waals surface area contributed by atoms with E-state index in [0.29, 0.717) is 3.57 Å². The second kappa shape index (κ2) is 5.45. The number of hydrogen-bond donors (Lipinski definition) is 1. The van der Waals surface area contributed by atoms with Gasteiger partial charge in [-0.05, 0) is 50.7 Å². The largest absolute Gasteiger partial charge is 0.478 e. The highest BCUT2D eigenvalue weighted by atomic mass is 127. The molecule has 0 radical (unpaired) electrons. The third kappa shape index (κ3) is 2.71. The molecule has 0 spiro atoms. The van der Waals surface area contributed by atoms with E-state index in [-0.39, 0.29) is 17.2 Å². The van der Waals surface area contributed by atoms with Crippen molar-refractivity contribution in [1.29, 1.82) is 0 Å². The molecule has 0 saturated carbocycles. The lowest BCUT2D eigenvalue weighted by Gasteiger charge is -2.08.